The number of amidine groups is 1. The smallest absolute Gasteiger partial charge is 0.288 e. The molecule has 4 heteroatoms. The molecule has 6 aliphatic rings. The van der Waals surface area contributed by atoms with Gasteiger partial charge in [0.2, 0.25) is 0 Å². The van der Waals surface area contributed by atoms with Gasteiger partial charge in [-0.1, -0.05) is 75.3 Å². The normalized spacial score (nSPS) is 49.3. The van der Waals surface area contributed by atoms with Crippen molar-refractivity contribution in [2.45, 2.75) is 103 Å². The first-order valence-electron chi connectivity index (χ1n) is 14.0. The Labute approximate surface area is 200 Å². The van der Waals surface area contributed by atoms with E-state index < -0.39 is 0 Å². The van der Waals surface area contributed by atoms with Gasteiger partial charge in [-0.15, -0.1) is 0 Å². The van der Waals surface area contributed by atoms with Crippen LogP contribution in [0.25, 0.3) is 0 Å². The van der Waals surface area contributed by atoms with Crippen molar-refractivity contribution >= 4 is 18.2 Å². The first-order valence-corrected chi connectivity index (χ1v) is 14.0. The van der Waals surface area contributed by atoms with E-state index in [4.69, 9.17) is 9.73 Å². The van der Waals surface area contributed by atoms with Crippen molar-refractivity contribution in [3.05, 3.63) is 29.3 Å². The lowest BCUT2D eigenvalue weighted by Crippen LogP contribution is -2.74. The van der Waals surface area contributed by atoms with Gasteiger partial charge in [0.25, 0.3) is 6.02 Å². The van der Waals surface area contributed by atoms with E-state index in [2.05, 4.69) is 64.6 Å². The molecule has 12 atom stereocenters. The molecule has 0 N–H and O–H groups in total. The summed E-state index contributed by atoms with van der Waals surface area (Å²) in [6.07, 6.45) is 5.65. The minimum absolute atomic E-state index is 0.388. The van der Waals surface area contributed by atoms with Crippen molar-refractivity contribution in [3.63, 3.8) is 0 Å². The van der Waals surface area contributed by atoms with Gasteiger partial charge in [0.1, 0.15) is 6.10 Å². The van der Waals surface area contributed by atoms with Crippen LogP contribution in [-0.2, 0) is 4.74 Å². The first kappa shape index (κ1) is 20.9. The van der Waals surface area contributed by atoms with Gasteiger partial charge in [0.15, 0.2) is 6.71 Å². The molecule has 3 saturated carbocycles. The monoisotopic (exact) mass is 444 g/mol. The highest BCUT2D eigenvalue weighted by molar-refractivity contribution is 6.77. The lowest BCUT2D eigenvalue weighted by Gasteiger charge is -2.66. The van der Waals surface area contributed by atoms with E-state index in [1.165, 1.54) is 36.8 Å². The zero-order chi connectivity index (χ0) is 22.8. The predicted molar refractivity (Wildman–Crippen MR) is 136 cm³/mol. The molecule has 0 radical (unpaired) electrons. The van der Waals surface area contributed by atoms with Crippen LogP contribution < -0.4 is 5.46 Å². The topological polar surface area (TPSA) is 24.8 Å². The molecule has 0 amide bonds. The molecule has 3 aliphatic carbocycles. The van der Waals surface area contributed by atoms with Crippen molar-refractivity contribution in [2.24, 2.45) is 40.5 Å². The Kier molecular flexibility index (Phi) is 4.46. The first-order chi connectivity index (χ1) is 15.9. The largest absolute Gasteiger partial charge is 0.461 e. The number of aryl methyl sites for hydroxylation is 2. The van der Waals surface area contributed by atoms with Crippen molar-refractivity contribution in [2.75, 3.05) is 0 Å². The Morgan fingerprint density at radius 1 is 0.879 bits per heavy atom. The maximum Gasteiger partial charge on any atom is 0.288 e. The summed E-state index contributed by atoms with van der Waals surface area (Å²) in [5, 5.41) is 0. The quantitative estimate of drug-likeness (QED) is 0.548. The average molecular weight is 444 g/mol. The van der Waals surface area contributed by atoms with Crippen molar-refractivity contribution in [1.29, 1.82) is 0 Å². The molecule has 3 aliphatic heterocycles. The molecule has 0 spiro atoms. The van der Waals surface area contributed by atoms with E-state index in [0.29, 0.717) is 48.6 Å². The number of rotatable bonds is 1. The maximum atomic E-state index is 6.86. The van der Waals surface area contributed by atoms with Crippen molar-refractivity contribution in [1.82, 2.24) is 4.90 Å². The zero-order valence-corrected chi connectivity index (χ0v) is 21.4. The molecule has 3 heterocycles. The van der Waals surface area contributed by atoms with E-state index in [9.17, 15) is 0 Å². The van der Waals surface area contributed by atoms with Gasteiger partial charge in [-0.25, -0.2) is 4.99 Å². The Bertz CT molecular complexity index is 987. The highest BCUT2D eigenvalue weighted by Crippen LogP contribution is 2.63. The summed E-state index contributed by atoms with van der Waals surface area (Å²) in [6, 6.07) is 9.66. The van der Waals surface area contributed by atoms with Gasteiger partial charge in [-0.3, -0.25) is 0 Å². The van der Waals surface area contributed by atoms with Crippen LogP contribution in [0, 0.1) is 49.4 Å². The second kappa shape index (κ2) is 7.04. The number of hydrogen-bond acceptors (Lipinski definition) is 3. The Morgan fingerprint density at radius 2 is 1.58 bits per heavy atom. The standard InChI is InChI=1S/C29H41BN2O/c1-14-10-11-22-24-23(14)18(5)13-20-27(24)32-28-21(30(20)25-15(2)8-7-9-16(25)3)12-17(4)19(6)26(28)31-29(32)33-22/h7-9,14,17-24,26-28H,10-13H2,1-6H3. The van der Waals surface area contributed by atoms with Gasteiger partial charge in [-0.2, -0.15) is 0 Å². The fraction of sp³-hybridized carbons (Fsp3) is 0.759. The van der Waals surface area contributed by atoms with Crippen LogP contribution in [0.15, 0.2) is 23.2 Å². The summed E-state index contributed by atoms with van der Waals surface area (Å²) in [5.74, 6) is 5.88. The number of aliphatic imine (C=N–C) groups is 1. The predicted octanol–water partition coefficient (Wildman–Crippen LogP) is 5.31. The molecule has 7 rings (SSSR count). The molecule has 5 fully saturated rings. The Morgan fingerprint density at radius 3 is 2.33 bits per heavy atom. The summed E-state index contributed by atoms with van der Waals surface area (Å²) < 4.78 is 6.86. The lowest BCUT2D eigenvalue weighted by molar-refractivity contribution is -0.118. The van der Waals surface area contributed by atoms with Crippen LogP contribution >= 0.6 is 0 Å². The van der Waals surface area contributed by atoms with Crippen LogP contribution in [0.4, 0.5) is 0 Å². The molecule has 0 aromatic heterocycles. The Hall–Kier alpha value is -1.45. The summed E-state index contributed by atoms with van der Waals surface area (Å²) in [4.78, 5) is 8.22. The maximum absolute atomic E-state index is 6.86. The highest BCUT2D eigenvalue weighted by atomic mass is 16.5. The van der Waals surface area contributed by atoms with Crippen LogP contribution in [0.5, 0.6) is 0 Å². The third-order valence-corrected chi connectivity index (χ3v) is 11.6. The van der Waals surface area contributed by atoms with Gasteiger partial charge >= 0.3 is 0 Å². The van der Waals surface area contributed by atoms with Crippen LogP contribution in [0.1, 0.15) is 64.5 Å². The van der Waals surface area contributed by atoms with Gasteiger partial charge in [0, 0.05) is 12.0 Å². The van der Waals surface area contributed by atoms with Crippen molar-refractivity contribution in [3.8, 4) is 0 Å². The third kappa shape index (κ3) is 2.62. The summed E-state index contributed by atoms with van der Waals surface area (Å²) in [7, 11) is 0. The zero-order valence-electron chi connectivity index (χ0n) is 21.4. The molecular weight excluding hydrogens is 403 g/mol. The second-order valence-corrected chi connectivity index (χ2v) is 13.1. The molecule has 33 heavy (non-hydrogen) atoms. The minimum atomic E-state index is 0.388. The molecule has 3 nitrogen and oxygen atoms in total. The van der Waals surface area contributed by atoms with Crippen LogP contribution in [-0.4, -0.2) is 41.9 Å². The summed E-state index contributed by atoms with van der Waals surface area (Å²) >= 11 is 0. The molecule has 12 unspecified atom stereocenters. The van der Waals surface area contributed by atoms with E-state index in [0.717, 1.165) is 35.5 Å². The van der Waals surface area contributed by atoms with Crippen molar-refractivity contribution < 1.29 is 4.74 Å². The van der Waals surface area contributed by atoms with Crippen LogP contribution in [0.2, 0.25) is 11.6 Å². The highest BCUT2D eigenvalue weighted by Gasteiger charge is 2.68. The molecule has 176 valence electrons. The number of hydrogen-bond donors (Lipinski definition) is 0. The number of benzene rings is 1. The van der Waals surface area contributed by atoms with Crippen LogP contribution in [0.3, 0.4) is 0 Å². The fourth-order valence-corrected chi connectivity index (χ4v) is 10.3. The van der Waals surface area contributed by atoms with E-state index >= 15 is 0 Å². The minimum Gasteiger partial charge on any atom is -0.461 e. The summed E-state index contributed by atoms with van der Waals surface area (Å²) in [6.45, 7) is 15.5. The molecule has 1 aromatic rings. The average Bonchev–Trinajstić information content (AvgIpc) is 3.16. The molecular formula is C29H41BN2O. The molecule has 1 aromatic carbocycles. The number of ether oxygens (including phenoxy) is 1. The van der Waals surface area contributed by atoms with Gasteiger partial charge in [0.05, 0.1) is 12.1 Å². The van der Waals surface area contributed by atoms with Gasteiger partial charge < -0.3 is 9.64 Å². The van der Waals surface area contributed by atoms with E-state index in [1.54, 1.807) is 5.46 Å². The second-order valence-electron chi connectivity index (χ2n) is 13.1. The number of nitrogens with zero attached hydrogens (tertiary/aromatic N) is 2. The van der Waals surface area contributed by atoms with Gasteiger partial charge in [-0.05, 0) is 67.9 Å². The van der Waals surface area contributed by atoms with E-state index in [-0.39, 0.29) is 0 Å². The Balaban J connectivity index is 1.44. The lowest BCUT2D eigenvalue weighted by atomic mass is 9.21. The van der Waals surface area contributed by atoms with E-state index in [1.807, 2.05) is 0 Å². The third-order valence-electron chi connectivity index (χ3n) is 11.6. The molecule has 2 saturated heterocycles. The molecule has 0 bridgehead atoms. The SMILES string of the molecule is Cc1cccc(C)c1B1C2CC(C)C(C)C3N=C4OC5CCC(C)C6C(C)CC1C(C56)N4C23. The summed E-state index contributed by atoms with van der Waals surface area (Å²) in [5.41, 5.74) is 4.73. The fourth-order valence-electron chi connectivity index (χ4n) is 10.3.